The maximum atomic E-state index is 11.7. The Morgan fingerprint density at radius 3 is 2.57 bits per heavy atom. The number of aromatic amines is 1. The van der Waals surface area contributed by atoms with Gasteiger partial charge < -0.3 is 9.41 Å². The number of fused-ring (bicyclic) bond motifs is 1. The molecule has 0 atom stereocenters. The highest BCUT2D eigenvalue weighted by atomic mass is 28.4. The Morgan fingerprint density at radius 1 is 1.19 bits per heavy atom. The van der Waals surface area contributed by atoms with Crippen LogP contribution >= 0.6 is 0 Å². The first-order valence-corrected chi connectivity index (χ1v) is 10.4. The molecule has 1 N–H and O–H groups in total. The van der Waals surface area contributed by atoms with Crippen molar-refractivity contribution in [3.05, 3.63) is 46.4 Å². The standard InChI is InChI=1S/C17H25NO2Si/c1-17(2,3)21(4,5)20-11-9-13-6-7-15-14(12-13)8-10-18-16(15)19/h6-8,10,12H,9,11H2,1-5H3,(H,18,19). The molecule has 0 spiro atoms. The Bertz CT molecular complexity index is 683. The van der Waals surface area contributed by atoms with Crippen LogP contribution in [0.2, 0.25) is 18.1 Å². The third-order valence-corrected chi connectivity index (χ3v) is 9.04. The summed E-state index contributed by atoms with van der Waals surface area (Å²) >= 11 is 0. The second-order valence-electron chi connectivity index (χ2n) is 7.09. The Balaban J connectivity index is 2.06. The molecular formula is C17H25NO2Si. The molecule has 1 aromatic carbocycles. The molecule has 1 heterocycles. The van der Waals surface area contributed by atoms with Gasteiger partial charge in [-0.05, 0) is 47.6 Å². The largest absolute Gasteiger partial charge is 0.416 e. The summed E-state index contributed by atoms with van der Waals surface area (Å²) in [4.78, 5) is 14.4. The topological polar surface area (TPSA) is 42.1 Å². The van der Waals surface area contributed by atoms with Gasteiger partial charge in [0.1, 0.15) is 0 Å². The number of aromatic nitrogens is 1. The molecule has 21 heavy (non-hydrogen) atoms. The molecule has 0 fully saturated rings. The molecular weight excluding hydrogens is 278 g/mol. The zero-order valence-corrected chi connectivity index (χ0v) is 14.6. The van der Waals surface area contributed by atoms with Gasteiger partial charge in [-0.1, -0.05) is 32.9 Å². The van der Waals surface area contributed by atoms with E-state index in [0.717, 1.165) is 23.8 Å². The van der Waals surface area contributed by atoms with Crippen LogP contribution in [0.5, 0.6) is 0 Å². The highest BCUT2D eigenvalue weighted by Gasteiger charge is 2.36. The third kappa shape index (κ3) is 3.63. The molecule has 0 amide bonds. The monoisotopic (exact) mass is 303 g/mol. The smallest absolute Gasteiger partial charge is 0.255 e. The van der Waals surface area contributed by atoms with Crippen molar-refractivity contribution in [2.75, 3.05) is 6.61 Å². The Labute approximate surface area is 127 Å². The molecule has 3 nitrogen and oxygen atoms in total. The quantitative estimate of drug-likeness (QED) is 0.864. The van der Waals surface area contributed by atoms with Crippen LogP contribution in [0.3, 0.4) is 0 Å². The van der Waals surface area contributed by atoms with Gasteiger partial charge in [-0.2, -0.15) is 0 Å². The molecule has 2 aromatic rings. The van der Waals surface area contributed by atoms with Crippen LogP contribution in [0, 0.1) is 0 Å². The van der Waals surface area contributed by atoms with E-state index < -0.39 is 8.32 Å². The lowest BCUT2D eigenvalue weighted by atomic mass is 10.1. The first-order valence-electron chi connectivity index (χ1n) is 7.45. The van der Waals surface area contributed by atoms with E-state index in [4.69, 9.17) is 4.43 Å². The van der Waals surface area contributed by atoms with E-state index in [1.165, 1.54) is 5.56 Å². The third-order valence-electron chi connectivity index (χ3n) is 4.50. The fourth-order valence-electron chi connectivity index (χ4n) is 2.04. The predicted octanol–water partition coefficient (Wildman–Crippen LogP) is 4.09. The van der Waals surface area contributed by atoms with Gasteiger partial charge in [-0.25, -0.2) is 0 Å². The minimum atomic E-state index is -1.68. The molecule has 0 radical (unpaired) electrons. The molecule has 0 aliphatic heterocycles. The van der Waals surface area contributed by atoms with Gasteiger partial charge in [-0.3, -0.25) is 4.79 Å². The molecule has 0 aliphatic carbocycles. The number of hydrogen-bond acceptors (Lipinski definition) is 2. The van der Waals surface area contributed by atoms with Gasteiger partial charge in [-0.15, -0.1) is 0 Å². The minimum Gasteiger partial charge on any atom is -0.416 e. The molecule has 0 saturated carbocycles. The summed E-state index contributed by atoms with van der Waals surface area (Å²) in [6.07, 6.45) is 2.58. The first-order chi connectivity index (χ1) is 9.71. The Hall–Kier alpha value is -1.39. The van der Waals surface area contributed by atoms with E-state index in [1.54, 1.807) is 6.20 Å². The average Bonchev–Trinajstić information content (AvgIpc) is 2.37. The summed E-state index contributed by atoms with van der Waals surface area (Å²) in [6.45, 7) is 12.0. The van der Waals surface area contributed by atoms with Crippen molar-refractivity contribution < 1.29 is 4.43 Å². The molecule has 0 saturated heterocycles. The number of pyridine rings is 1. The normalized spacial score (nSPS) is 12.8. The van der Waals surface area contributed by atoms with E-state index in [-0.39, 0.29) is 10.6 Å². The molecule has 114 valence electrons. The van der Waals surface area contributed by atoms with Crippen LogP contribution in [-0.2, 0) is 10.8 Å². The van der Waals surface area contributed by atoms with Gasteiger partial charge in [0.25, 0.3) is 5.56 Å². The molecule has 0 unspecified atom stereocenters. The molecule has 0 bridgehead atoms. The highest BCUT2D eigenvalue weighted by molar-refractivity contribution is 6.74. The Kier molecular flexibility index (Phi) is 4.40. The van der Waals surface area contributed by atoms with Crippen LogP contribution in [0.15, 0.2) is 35.3 Å². The zero-order chi connectivity index (χ0) is 15.7. The maximum absolute atomic E-state index is 11.7. The molecule has 0 aliphatic rings. The van der Waals surface area contributed by atoms with Crippen LogP contribution < -0.4 is 5.56 Å². The van der Waals surface area contributed by atoms with Crippen LogP contribution in [0.4, 0.5) is 0 Å². The summed E-state index contributed by atoms with van der Waals surface area (Å²) in [5.41, 5.74) is 1.18. The van der Waals surface area contributed by atoms with Crippen molar-refractivity contribution in [2.45, 2.75) is 45.3 Å². The van der Waals surface area contributed by atoms with Crippen molar-refractivity contribution in [3.8, 4) is 0 Å². The molecule has 2 rings (SSSR count). The summed E-state index contributed by atoms with van der Waals surface area (Å²) in [5.74, 6) is 0. The number of H-pyrrole nitrogens is 1. The predicted molar refractivity (Wildman–Crippen MR) is 91.4 cm³/mol. The van der Waals surface area contributed by atoms with Crippen molar-refractivity contribution in [3.63, 3.8) is 0 Å². The number of rotatable bonds is 4. The van der Waals surface area contributed by atoms with Gasteiger partial charge in [0.2, 0.25) is 0 Å². The average molecular weight is 303 g/mol. The summed E-state index contributed by atoms with van der Waals surface area (Å²) in [6, 6.07) is 7.94. The van der Waals surface area contributed by atoms with E-state index in [0.29, 0.717) is 0 Å². The van der Waals surface area contributed by atoms with Crippen molar-refractivity contribution in [1.29, 1.82) is 0 Å². The van der Waals surface area contributed by atoms with E-state index in [1.807, 2.05) is 18.2 Å². The van der Waals surface area contributed by atoms with E-state index in [2.05, 4.69) is 44.9 Å². The number of hydrogen-bond donors (Lipinski definition) is 1. The van der Waals surface area contributed by atoms with Crippen LogP contribution in [0.25, 0.3) is 10.8 Å². The van der Waals surface area contributed by atoms with E-state index >= 15 is 0 Å². The lowest BCUT2D eigenvalue weighted by molar-refractivity contribution is 0.292. The lowest BCUT2D eigenvalue weighted by Gasteiger charge is -2.36. The molecule has 4 heteroatoms. The second-order valence-corrected chi connectivity index (χ2v) is 11.9. The van der Waals surface area contributed by atoms with Crippen molar-refractivity contribution in [1.82, 2.24) is 4.98 Å². The summed E-state index contributed by atoms with van der Waals surface area (Å²) < 4.78 is 6.20. The van der Waals surface area contributed by atoms with Crippen LogP contribution in [0.1, 0.15) is 26.3 Å². The van der Waals surface area contributed by atoms with Gasteiger partial charge in [0.05, 0.1) is 0 Å². The Morgan fingerprint density at radius 2 is 1.90 bits per heavy atom. The number of benzene rings is 1. The maximum Gasteiger partial charge on any atom is 0.255 e. The van der Waals surface area contributed by atoms with E-state index in [9.17, 15) is 4.79 Å². The molecule has 1 aromatic heterocycles. The van der Waals surface area contributed by atoms with Gasteiger partial charge in [0.15, 0.2) is 8.32 Å². The summed E-state index contributed by atoms with van der Waals surface area (Å²) in [7, 11) is -1.68. The van der Waals surface area contributed by atoms with Gasteiger partial charge in [0, 0.05) is 18.2 Å². The summed E-state index contributed by atoms with van der Waals surface area (Å²) in [5, 5.41) is 1.97. The zero-order valence-electron chi connectivity index (χ0n) is 13.6. The second kappa shape index (κ2) is 5.77. The minimum absolute atomic E-state index is 0.0310. The first kappa shape index (κ1) is 16.0. The van der Waals surface area contributed by atoms with Crippen molar-refractivity contribution in [2.24, 2.45) is 0 Å². The number of nitrogens with one attached hydrogen (secondary N) is 1. The van der Waals surface area contributed by atoms with Gasteiger partial charge >= 0.3 is 0 Å². The van der Waals surface area contributed by atoms with Crippen molar-refractivity contribution >= 4 is 19.1 Å². The lowest BCUT2D eigenvalue weighted by Crippen LogP contribution is -2.41. The fraction of sp³-hybridized carbons (Fsp3) is 0.471. The fourth-order valence-corrected chi connectivity index (χ4v) is 3.08. The highest BCUT2D eigenvalue weighted by Crippen LogP contribution is 2.36. The SMILES string of the molecule is CC(C)(C)[Si](C)(C)OCCc1ccc2c(=O)[nH]ccc2c1. The van der Waals surface area contributed by atoms with Crippen LogP contribution in [-0.4, -0.2) is 19.9 Å².